The fourth-order valence-corrected chi connectivity index (χ4v) is 2.01. The molecule has 0 N–H and O–H groups in total. The van der Waals surface area contributed by atoms with Crippen molar-refractivity contribution in [3.8, 4) is 11.5 Å². The lowest BCUT2D eigenvalue weighted by Crippen LogP contribution is -1.76. The van der Waals surface area contributed by atoms with Gasteiger partial charge < -0.3 is 4.42 Å². The van der Waals surface area contributed by atoms with E-state index in [1.165, 1.54) is 0 Å². The SMILES string of the molecule is CCSc1nnc(-c2cccc(Br)c2)o1. The van der Waals surface area contributed by atoms with Gasteiger partial charge in [-0.1, -0.05) is 40.7 Å². The number of nitrogens with zero attached hydrogens (tertiary/aromatic N) is 2. The molecule has 0 radical (unpaired) electrons. The van der Waals surface area contributed by atoms with Gasteiger partial charge in [-0.25, -0.2) is 0 Å². The zero-order chi connectivity index (χ0) is 10.7. The molecule has 0 spiro atoms. The van der Waals surface area contributed by atoms with Crippen LogP contribution in [0.25, 0.3) is 11.5 Å². The van der Waals surface area contributed by atoms with E-state index < -0.39 is 0 Å². The largest absolute Gasteiger partial charge is 0.411 e. The van der Waals surface area contributed by atoms with E-state index >= 15 is 0 Å². The van der Waals surface area contributed by atoms with Crippen LogP contribution in [0.5, 0.6) is 0 Å². The van der Waals surface area contributed by atoms with Gasteiger partial charge in [0.05, 0.1) is 0 Å². The van der Waals surface area contributed by atoms with Crippen molar-refractivity contribution in [3.05, 3.63) is 28.7 Å². The third-order valence-electron chi connectivity index (χ3n) is 1.75. The lowest BCUT2D eigenvalue weighted by molar-refractivity contribution is 0.466. The van der Waals surface area contributed by atoms with Gasteiger partial charge in [-0.05, 0) is 24.0 Å². The summed E-state index contributed by atoms with van der Waals surface area (Å²) in [6.45, 7) is 2.05. The Bertz CT molecular complexity index is 458. The molecule has 0 bridgehead atoms. The van der Waals surface area contributed by atoms with Gasteiger partial charge in [0.1, 0.15) is 0 Å². The first kappa shape index (κ1) is 10.7. The van der Waals surface area contributed by atoms with Crippen molar-refractivity contribution >= 4 is 27.7 Å². The first-order chi connectivity index (χ1) is 7.29. The summed E-state index contributed by atoms with van der Waals surface area (Å²) in [7, 11) is 0. The van der Waals surface area contributed by atoms with E-state index in [2.05, 4.69) is 26.1 Å². The van der Waals surface area contributed by atoms with Crippen LogP contribution in [0.2, 0.25) is 0 Å². The van der Waals surface area contributed by atoms with E-state index in [0.717, 1.165) is 15.8 Å². The predicted molar refractivity (Wildman–Crippen MR) is 63.8 cm³/mol. The van der Waals surface area contributed by atoms with Gasteiger partial charge in [-0.2, -0.15) is 0 Å². The van der Waals surface area contributed by atoms with Gasteiger partial charge >= 0.3 is 0 Å². The van der Waals surface area contributed by atoms with E-state index in [1.807, 2.05) is 31.2 Å². The second-order valence-electron chi connectivity index (χ2n) is 2.82. The maximum Gasteiger partial charge on any atom is 0.276 e. The summed E-state index contributed by atoms with van der Waals surface area (Å²) in [5, 5.41) is 8.55. The molecule has 2 aromatic rings. The molecular formula is C10H9BrN2OS. The number of thioether (sulfide) groups is 1. The predicted octanol–water partition coefficient (Wildman–Crippen LogP) is 3.61. The molecule has 1 aromatic carbocycles. The maximum atomic E-state index is 5.48. The molecule has 0 unspecified atom stereocenters. The lowest BCUT2D eigenvalue weighted by Gasteiger charge is -1.94. The highest BCUT2D eigenvalue weighted by Crippen LogP contribution is 2.24. The third kappa shape index (κ3) is 2.60. The first-order valence-electron chi connectivity index (χ1n) is 4.52. The fraction of sp³-hybridized carbons (Fsp3) is 0.200. The topological polar surface area (TPSA) is 38.9 Å². The van der Waals surface area contributed by atoms with Gasteiger partial charge in [0, 0.05) is 10.0 Å². The Morgan fingerprint density at radius 2 is 2.27 bits per heavy atom. The summed E-state index contributed by atoms with van der Waals surface area (Å²) in [6, 6.07) is 7.80. The van der Waals surface area contributed by atoms with Gasteiger partial charge in [-0.15, -0.1) is 10.2 Å². The molecule has 0 aliphatic rings. The Labute approximate surface area is 100 Å². The van der Waals surface area contributed by atoms with Crippen LogP contribution >= 0.6 is 27.7 Å². The molecule has 3 nitrogen and oxygen atoms in total. The lowest BCUT2D eigenvalue weighted by atomic mass is 10.2. The summed E-state index contributed by atoms with van der Waals surface area (Å²) < 4.78 is 6.49. The van der Waals surface area contributed by atoms with Crippen LogP contribution in [-0.2, 0) is 0 Å². The Morgan fingerprint density at radius 3 is 3.00 bits per heavy atom. The van der Waals surface area contributed by atoms with E-state index in [-0.39, 0.29) is 0 Å². The molecule has 2 rings (SSSR count). The minimum atomic E-state index is 0.562. The first-order valence-corrected chi connectivity index (χ1v) is 6.29. The van der Waals surface area contributed by atoms with Crippen molar-refractivity contribution in [1.82, 2.24) is 10.2 Å². The quantitative estimate of drug-likeness (QED) is 0.807. The molecule has 0 aliphatic carbocycles. The summed E-state index contributed by atoms with van der Waals surface area (Å²) in [6.07, 6.45) is 0. The van der Waals surface area contributed by atoms with Gasteiger partial charge in [-0.3, -0.25) is 0 Å². The summed E-state index contributed by atoms with van der Waals surface area (Å²) in [4.78, 5) is 0. The van der Waals surface area contributed by atoms with E-state index in [4.69, 9.17) is 4.42 Å². The average Bonchev–Trinajstić information content (AvgIpc) is 2.67. The Morgan fingerprint density at radius 1 is 1.40 bits per heavy atom. The molecule has 0 saturated carbocycles. The molecular weight excluding hydrogens is 276 g/mol. The monoisotopic (exact) mass is 284 g/mol. The van der Waals surface area contributed by atoms with E-state index in [1.54, 1.807) is 11.8 Å². The summed E-state index contributed by atoms with van der Waals surface area (Å²) in [5.41, 5.74) is 0.930. The fourth-order valence-electron chi connectivity index (χ4n) is 1.13. The van der Waals surface area contributed by atoms with Crippen LogP contribution in [0.4, 0.5) is 0 Å². The molecule has 1 heterocycles. The second kappa shape index (κ2) is 4.81. The highest BCUT2D eigenvalue weighted by molar-refractivity contribution is 9.10. The number of rotatable bonds is 3. The van der Waals surface area contributed by atoms with Crippen LogP contribution in [0.3, 0.4) is 0 Å². The zero-order valence-corrected chi connectivity index (χ0v) is 10.5. The van der Waals surface area contributed by atoms with Crippen LogP contribution < -0.4 is 0 Å². The molecule has 0 fully saturated rings. The van der Waals surface area contributed by atoms with Crippen molar-refractivity contribution in [2.45, 2.75) is 12.1 Å². The zero-order valence-electron chi connectivity index (χ0n) is 8.11. The molecule has 5 heteroatoms. The van der Waals surface area contributed by atoms with Crippen molar-refractivity contribution in [2.75, 3.05) is 5.75 Å². The van der Waals surface area contributed by atoms with E-state index in [9.17, 15) is 0 Å². The molecule has 0 aliphatic heterocycles. The van der Waals surface area contributed by atoms with Crippen molar-refractivity contribution in [3.63, 3.8) is 0 Å². The molecule has 0 amide bonds. The number of hydrogen-bond donors (Lipinski definition) is 0. The van der Waals surface area contributed by atoms with Gasteiger partial charge in [0.15, 0.2) is 0 Å². The second-order valence-corrected chi connectivity index (χ2v) is 4.95. The van der Waals surface area contributed by atoms with Crippen molar-refractivity contribution in [2.24, 2.45) is 0 Å². The Hall–Kier alpha value is -0.810. The molecule has 1 aromatic heterocycles. The smallest absolute Gasteiger partial charge is 0.276 e. The van der Waals surface area contributed by atoms with E-state index in [0.29, 0.717) is 11.1 Å². The third-order valence-corrected chi connectivity index (χ3v) is 2.94. The molecule has 15 heavy (non-hydrogen) atoms. The van der Waals surface area contributed by atoms with Crippen LogP contribution in [0, 0.1) is 0 Å². The number of hydrogen-bond acceptors (Lipinski definition) is 4. The Balaban J connectivity index is 2.29. The van der Waals surface area contributed by atoms with Crippen molar-refractivity contribution in [1.29, 1.82) is 0 Å². The number of aromatic nitrogens is 2. The van der Waals surface area contributed by atoms with Crippen LogP contribution in [0.1, 0.15) is 6.92 Å². The average molecular weight is 285 g/mol. The summed E-state index contributed by atoms with van der Waals surface area (Å²) in [5.74, 6) is 1.49. The molecule has 78 valence electrons. The molecule has 0 atom stereocenters. The van der Waals surface area contributed by atoms with Crippen molar-refractivity contribution < 1.29 is 4.42 Å². The normalized spacial score (nSPS) is 10.5. The van der Waals surface area contributed by atoms with Crippen LogP contribution in [0.15, 0.2) is 38.4 Å². The Kier molecular flexibility index (Phi) is 3.43. The molecule has 0 saturated heterocycles. The maximum absolute atomic E-state index is 5.48. The number of benzene rings is 1. The van der Waals surface area contributed by atoms with Gasteiger partial charge in [0.2, 0.25) is 5.89 Å². The highest BCUT2D eigenvalue weighted by atomic mass is 79.9. The minimum Gasteiger partial charge on any atom is -0.411 e. The standard InChI is InChI=1S/C10H9BrN2OS/c1-2-15-10-13-12-9(14-10)7-4-3-5-8(11)6-7/h3-6H,2H2,1H3. The number of halogens is 1. The van der Waals surface area contributed by atoms with Crippen LogP contribution in [-0.4, -0.2) is 16.0 Å². The highest BCUT2D eigenvalue weighted by Gasteiger charge is 2.07. The minimum absolute atomic E-state index is 0.562. The summed E-state index contributed by atoms with van der Waals surface area (Å²) >= 11 is 4.94. The van der Waals surface area contributed by atoms with Gasteiger partial charge in [0.25, 0.3) is 5.22 Å².